The molecule has 0 aliphatic rings. The van der Waals surface area contributed by atoms with Crippen LogP contribution in [0.4, 0.5) is 0 Å². The van der Waals surface area contributed by atoms with Crippen LogP contribution in [0.25, 0.3) is 0 Å². The van der Waals surface area contributed by atoms with E-state index in [9.17, 15) is 10.2 Å². The number of hydrogen-bond acceptors (Lipinski definition) is 2. The number of aromatic hydroxyl groups is 1. The molecule has 0 aliphatic carbocycles. The van der Waals surface area contributed by atoms with Crippen molar-refractivity contribution in [2.75, 3.05) is 0 Å². The summed E-state index contributed by atoms with van der Waals surface area (Å²) in [6.45, 7) is 4.37. The third kappa shape index (κ3) is 3.03. The lowest BCUT2D eigenvalue weighted by Gasteiger charge is -2.30. The van der Waals surface area contributed by atoms with Crippen LogP contribution in [0.1, 0.15) is 31.4 Å². The van der Waals surface area contributed by atoms with Gasteiger partial charge in [-0.25, -0.2) is 0 Å². The fourth-order valence-electron chi connectivity index (χ4n) is 2.36. The van der Waals surface area contributed by atoms with E-state index in [-0.39, 0.29) is 11.8 Å². The molecule has 0 amide bonds. The van der Waals surface area contributed by atoms with Gasteiger partial charge in [0, 0.05) is 10.7 Å². The van der Waals surface area contributed by atoms with Gasteiger partial charge in [-0.1, -0.05) is 64.9 Å². The van der Waals surface area contributed by atoms with E-state index in [1.54, 1.807) is 6.07 Å². The Labute approximate surface area is 122 Å². The minimum atomic E-state index is -0.114. The Kier molecular flexibility index (Phi) is 4.80. The van der Waals surface area contributed by atoms with Crippen LogP contribution in [0.3, 0.4) is 0 Å². The van der Waals surface area contributed by atoms with E-state index in [1.807, 2.05) is 36.4 Å². The summed E-state index contributed by atoms with van der Waals surface area (Å²) < 4.78 is 0. The van der Waals surface area contributed by atoms with Crippen molar-refractivity contribution >= 4 is 13.9 Å². The normalized spacial score (nSPS) is 14.6. The monoisotopic (exact) mass is 288 g/mol. The van der Waals surface area contributed by atoms with E-state index >= 15 is 0 Å². The maximum atomic E-state index is 10.1. The molecule has 106 valence electrons. The first-order chi connectivity index (χ1) is 9.60. The lowest BCUT2D eigenvalue weighted by atomic mass is 9.96. The second-order valence-electron chi connectivity index (χ2n) is 5.14. The topological polar surface area (TPSA) is 40.5 Å². The number of phenols is 1. The first-order valence-electron chi connectivity index (χ1n) is 6.86. The molecule has 20 heavy (non-hydrogen) atoms. The predicted octanol–water partition coefficient (Wildman–Crippen LogP) is 3.51. The van der Waals surface area contributed by atoms with Gasteiger partial charge in [0.1, 0.15) is 5.75 Å². The zero-order chi connectivity index (χ0) is 14.6. The predicted molar refractivity (Wildman–Crippen MR) is 86.1 cm³/mol. The highest BCUT2D eigenvalue weighted by molar-refractivity contribution is 7.48. The molecule has 2 atom stereocenters. The van der Waals surface area contributed by atoms with Crippen molar-refractivity contribution in [3.63, 3.8) is 0 Å². The second kappa shape index (κ2) is 6.39. The molecule has 2 unspecified atom stereocenters. The Morgan fingerprint density at radius 3 is 2.35 bits per heavy atom. The highest BCUT2D eigenvalue weighted by atomic mass is 31.1. The zero-order valence-corrected chi connectivity index (χ0v) is 12.9. The van der Waals surface area contributed by atoms with Crippen LogP contribution in [0.2, 0.25) is 0 Å². The van der Waals surface area contributed by atoms with Gasteiger partial charge in [0.25, 0.3) is 0 Å². The lowest BCUT2D eigenvalue weighted by Crippen LogP contribution is -2.20. The van der Waals surface area contributed by atoms with E-state index in [0.29, 0.717) is 14.3 Å². The fourth-order valence-corrected chi connectivity index (χ4v) is 3.98. The number of aliphatic hydroxyl groups is 1. The molecule has 0 bridgehead atoms. The third-order valence-electron chi connectivity index (χ3n) is 3.80. The lowest BCUT2D eigenvalue weighted by molar-refractivity contribution is 0.283. The Morgan fingerprint density at radius 1 is 1.05 bits per heavy atom. The van der Waals surface area contributed by atoms with Gasteiger partial charge >= 0.3 is 0 Å². The average Bonchev–Trinajstić information content (AvgIpc) is 2.48. The largest absolute Gasteiger partial charge is 0.508 e. The van der Waals surface area contributed by atoms with E-state index in [1.165, 1.54) is 5.30 Å². The van der Waals surface area contributed by atoms with Crippen molar-refractivity contribution in [3.05, 3.63) is 59.7 Å². The van der Waals surface area contributed by atoms with Crippen LogP contribution in [0.15, 0.2) is 48.5 Å². The Balaban J connectivity index is 2.40. The van der Waals surface area contributed by atoms with Gasteiger partial charge in [-0.3, -0.25) is 0 Å². The fraction of sp³-hybridized carbons (Fsp3) is 0.294. The maximum Gasteiger partial charge on any atom is 0.119 e. The third-order valence-corrected chi connectivity index (χ3v) is 5.74. The van der Waals surface area contributed by atoms with Crippen LogP contribution in [0.5, 0.6) is 5.75 Å². The molecule has 2 rings (SSSR count). The van der Waals surface area contributed by atoms with Gasteiger partial charge < -0.3 is 10.2 Å². The van der Waals surface area contributed by atoms with Crippen molar-refractivity contribution < 1.29 is 10.2 Å². The first kappa shape index (κ1) is 15.0. The Hall–Kier alpha value is -1.37. The minimum Gasteiger partial charge on any atom is -0.508 e. The molecule has 0 fully saturated rings. The molecule has 0 heterocycles. The highest BCUT2D eigenvalue weighted by Crippen LogP contribution is 2.47. The number of aliphatic hydroxyl groups excluding tert-OH is 1. The van der Waals surface area contributed by atoms with E-state index in [4.69, 9.17) is 0 Å². The van der Waals surface area contributed by atoms with Gasteiger partial charge in [-0.05, 0) is 23.4 Å². The molecule has 0 saturated carbocycles. The molecule has 0 spiro atoms. The summed E-state index contributed by atoms with van der Waals surface area (Å²) in [6.07, 6.45) is 0.933. The van der Waals surface area contributed by atoms with Crippen LogP contribution in [-0.4, -0.2) is 10.2 Å². The summed E-state index contributed by atoms with van der Waals surface area (Å²) in [4.78, 5) is 0. The van der Waals surface area contributed by atoms with Crippen LogP contribution < -0.4 is 5.30 Å². The number of phenolic OH excluding ortho intramolecular Hbond substituents is 1. The summed E-state index contributed by atoms with van der Waals surface area (Å²) in [7, 11) is 0.508. The molecular weight excluding hydrogens is 267 g/mol. The molecular formula is C17H21O2P. The van der Waals surface area contributed by atoms with Crippen LogP contribution in [0, 0.1) is 0 Å². The Bertz CT molecular complexity index is 583. The quantitative estimate of drug-likeness (QED) is 0.827. The molecule has 0 aromatic heterocycles. The molecule has 0 radical (unpaired) electrons. The number of para-hydroxylation sites is 1. The molecule has 3 heteroatoms. The van der Waals surface area contributed by atoms with Crippen LogP contribution >= 0.6 is 8.58 Å². The van der Waals surface area contributed by atoms with Crippen LogP contribution in [-0.2, 0) is 11.8 Å². The highest BCUT2D eigenvalue weighted by Gasteiger charge is 2.28. The van der Waals surface area contributed by atoms with Crippen molar-refractivity contribution in [1.29, 1.82) is 0 Å². The van der Waals surface area contributed by atoms with Gasteiger partial charge in [0.2, 0.25) is 0 Å². The smallest absolute Gasteiger partial charge is 0.119 e. The minimum absolute atomic E-state index is 0.0593. The molecule has 2 aromatic carbocycles. The van der Waals surface area contributed by atoms with E-state index in [2.05, 4.69) is 19.9 Å². The average molecular weight is 288 g/mol. The van der Waals surface area contributed by atoms with Crippen molar-refractivity contribution in [2.24, 2.45) is 0 Å². The summed E-state index contributed by atoms with van der Waals surface area (Å²) in [5.74, 6) is 0.353. The first-order valence-corrected chi connectivity index (χ1v) is 7.86. The zero-order valence-electron chi connectivity index (χ0n) is 11.9. The standard InChI is InChI=1S/C17H21O2P/c1-3-17(2,14-9-5-6-10-15(14)19)20-16-11-7-4-8-13(16)12-18/h4-11,18-20H,3,12H2,1-2H3. The SMILES string of the molecule is CCC(C)(Pc1ccccc1CO)c1ccccc1O. The van der Waals surface area contributed by atoms with Crippen molar-refractivity contribution in [3.8, 4) is 5.75 Å². The summed E-state index contributed by atoms with van der Waals surface area (Å²) in [5, 5.41) is 20.7. The molecule has 0 saturated heterocycles. The van der Waals surface area contributed by atoms with Gasteiger partial charge in [0.15, 0.2) is 0 Å². The Morgan fingerprint density at radius 2 is 1.70 bits per heavy atom. The molecule has 2 nitrogen and oxygen atoms in total. The summed E-state index contributed by atoms with van der Waals surface area (Å²) >= 11 is 0. The van der Waals surface area contributed by atoms with Crippen molar-refractivity contribution in [2.45, 2.75) is 32.0 Å². The van der Waals surface area contributed by atoms with E-state index < -0.39 is 0 Å². The number of hydrogen-bond donors (Lipinski definition) is 2. The number of rotatable bonds is 5. The van der Waals surface area contributed by atoms with Gasteiger partial charge in [-0.15, -0.1) is 0 Å². The van der Waals surface area contributed by atoms with Gasteiger partial charge in [-0.2, -0.15) is 0 Å². The maximum absolute atomic E-state index is 10.1. The van der Waals surface area contributed by atoms with E-state index in [0.717, 1.165) is 17.5 Å². The summed E-state index contributed by atoms with van der Waals surface area (Å²) in [5.41, 5.74) is 1.95. The molecule has 0 aliphatic heterocycles. The van der Waals surface area contributed by atoms with Crippen molar-refractivity contribution in [1.82, 2.24) is 0 Å². The second-order valence-corrected chi connectivity index (χ2v) is 7.04. The number of benzene rings is 2. The molecule has 2 aromatic rings. The summed E-state index contributed by atoms with van der Waals surface area (Å²) in [6, 6.07) is 15.5. The molecule has 2 N–H and O–H groups in total. The van der Waals surface area contributed by atoms with Gasteiger partial charge in [0.05, 0.1) is 6.61 Å².